The van der Waals surface area contributed by atoms with Crippen molar-refractivity contribution in [3.8, 4) is 22.4 Å². The second-order valence-electron chi connectivity index (χ2n) is 8.75. The summed E-state index contributed by atoms with van der Waals surface area (Å²) in [5.74, 6) is 1.72. The summed E-state index contributed by atoms with van der Waals surface area (Å²) in [5, 5.41) is 7.81. The average molecular weight is 457 g/mol. The van der Waals surface area contributed by atoms with E-state index in [9.17, 15) is 4.39 Å². The van der Waals surface area contributed by atoms with Crippen LogP contribution in [-0.4, -0.2) is 36.4 Å². The molecule has 0 bridgehead atoms. The van der Waals surface area contributed by atoms with Crippen LogP contribution in [-0.2, 0) is 4.74 Å². The van der Waals surface area contributed by atoms with E-state index in [-0.39, 0.29) is 5.82 Å². The van der Waals surface area contributed by atoms with Gasteiger partial charge in [0.25, 0.3) is 0 Å². The van der Waals surface area contributed by atoms with Crippen LogP contribution < -0.4 is 10.2 Å². The first-order valence-electron chi connectivity index (χ1n) is 11.7. The second kappa shape index (κ2) is 8.91. The summed E-state index contributed by atoms with van der Waals surface area (Å²) < 4.78 is 24.8. The molecular formula is C27H25FN4O2. The minimum Gasteiger partial charge on any atom is -0.378 e. The summed E-state index contributed by atoms with van der Waals surface area (Å²) in [7, 11) is 0. The molecule has 1 N–H and O–H groups in total. The number of ether oxygens (including phenoxy) is 1. The van der Waals surface area contributed by atoms with E-state index in [1.807, 2.05) is 12.1 Å². The molecular weight excluding hydrogens is 431 g/mol. The molecule has 6 nitrogen and oxygen atoms in total. The van der Waals surface area contributed by atoms with Crippen molar-refractivity contribution in [3.05, 3.63) is 78.4 Å². The van der Waals surface area contributed by atoms with Gasteiger partial charge in [-0.1, -0.05) is 17.3 Å². The minimum atomic E-state index is -0.259. The van der Waals surface area contributed by atoms with Gasteiger partial charge in [-0.05, 0) is 66.9 Å². The Hall–Kier alpha value is -3.71. The molecule has 0 unspecified atom stereocenters. The number of pyridine rings is 1. The Morgan fingerprint density at radius 3 is 2.41 bits per heavy atom. The number of hydrogen-bond acceptors (Lipinski definition) is 6. The molecule has 0 atom stereocenters. The topological polar surface area (TPSA) is 63.4 Å². The molecule has 2 aromatic heterocycles. The Kier molecular flexibility index (Phi) is 5.47. The highest BCUT2D eigenvalue weighted by atomic mass is 19.1. The molecule has 7 heteroatoms. The van der Waals surface area contributed by atoms with Crippen LogP contribution in [0.2, 0.25) is 0 Å². The number of benzene rings is 2. The maximum atomic E-state index is 13.6. The molecule has 6 rings (SSSR count). The fourth-order valence-corrected chi connectivity index (χ4v) is 4.39. The standard InChI is InChI=1S/C27H25FN4O2/c28-21-5-3-18(4-6-21)25-26(31-34-27(25)19-1-2-19)20-11-12-29-24(17-20)30-22-7-9-23(10-8-22)32-13-15-33-16-14-32/h3-12,17,19H,1-2,13-16H2,(H,29,30). The molecule has 172 valence electrons. The van der Waals surface area contributed by atoms with Gasteiger partial charge in [0.15, 0.2) is 0 Å². The number of morpholine rings is 1. The van der Waals surface area contributed by atoms with E-state index in [2.05, 4.69) is 44.6 Å². The molecule has 4 aromatic rings. The number of nitrogens with zero attached hydrogens (tertiary/aromatic N) is 3. The number of rotatable bonds is 6. The first-order valence-corrected chi connectivity index (χ1v) is 11.7. The molecule has 0 radical (unpaired) electrons. The summed E-state index contributed by atoms with van der Waals surface area (Å²) in [5.41, 5.74) is 5.65. The van der Waals surface area contributed by atoms with Gasteiger partial charge in [-0.2, -0.15) is 0 Å². The summed E-state index contributed by atoms with van der Waals surface area (Å²) in [4.78, 5) is 6.82. The molecule has 1 aliphatic carbocycles. The summed E-state index contributed by atoms with van der Waals surface area (Å²) in [6, 6.07) is 18.8. The van der Waals surface area contributed by atoms with Gasteiger partial charge in [0, 0.05) is 42.1 Å². The highest BCUT2D eigenvalue weighted by Gasteiger charge is 2.33. The first kappa shape index (κ1) is 20.9. The highest BCUT2D eigenvalue weighted by molar-refractivity contribution is 5.83. The molecule has 2 aliphatic rings. The molecule has 34 heavy (non-hydrogen) atoms. The fourth-order valence-electron chi connectivity index (χ4n) is 4.39. The monoisotopic (exact) mass is 456 g/mol. The van der Waals surface area contributed by atoms with E-state index < -0.39 is 0 Å². The number of halogens is 1. The van der Waals surface area contributed by atoms with Crippen molar-refractivity contribution in [3.63, 3.8) is 0 Å². The quantitative estimate of drug-likeness (QED) is 0.384. The molecule has 1 saturated heterocycles. The van der Waals surface area contributed by atoms with Gasteiger partial charge >= 0.3 is 0 Å². The van der Waals surface area contributed by atoms with Crippen molar-refractivity contribution < 1.29 is 13.7 Å². The lowest BCUT2D eigenvalue weighted by atomic mass is 9.98. The normalized spacial score (nSPS) is 16.0. The van der Waals surface area contributed by atoms with Gasteiger partial charge in [-0.15, -0.1) is 0 Å². The van der Waals surface area contributed by atoms with E-state index in [0.29, 0.717) is 5.92 Å². The zero-order chi connectivity index (χ0) is 22.9. The lowest BCUT2D eigenvalue weighted by Crippen LogP contribution is -2.36. The smallest absolute Gasteiger partial charge is 0.148 e. The number of hydrogen-bond donors (Lipinski definition) is 1. The third-order valence-electron chi connectivity index (χ3n) is 6.35. The van der Waals surface area contributed by atoms with Crippen LogP contribution in [0.1, 0.15) is 24.5 Å². The van der Waals surface area contributed by atoms with Crippen LogP contribution in [0.4, 0.5) is 21.6 Å². The Morgan fingerprint density at radius 2 is 1.68 bits per heavy atom. The van der Waals surface area contributed by atoms with Crippen LogP contribution in [0.3, 0.4) is 0 Å². The van der Waals surface area contributed by atoms with E-state index in [4.69, 9.17) is 9.26 Å². The maximum Gasteiger partial charge on any atom is 0.148 e. The lowest BCUT2D eigenvalue weighted by Gasteiger charge is -2.28. The van der Waals surface area contributed by atoms with E-state index in [0.717, 1.165) is 78.8 Å². The molecule has 0 amide bonds. The molecule has 2 fully saturated rings. The predicted octanol–water partition coefficient (Wildman–Crippen LogP) is 6.00. The summed E-state index contributed by atoms with van der Waals surface area (Å²) in [6.45, 7) is 3.35. The summed E-state index contributed by atoms with van der Waals surface area (Å²) >= 11 is 0. The van der Waals surface area contributed by atoms with E-state index >= 15 is 0 Å². The minimum absolute atomic E-state index is 0.259. The van der Waals surface area contributed by atoms with Crippen molar-refractivity contribution in [1.29, 1.82) is 0 Å². The Bertz CT molecular complexity index is 1280. The van der Waals surface area contributed by atoms with Gasteiger partial charge < -0.3 is 19.5 Å². The molecule has 3 heterocycles. The third kappa shape index (κ3) is 4.26. The van der Waals surface area contributed by atoms with Crippen molar-refractivity contribution in [2.75, 3.05) is 36.5 Å². The van der Waals surface area contributed by atoms with Gasteiger partial charge in [-0.3, -0.25) is 0 Å². The average Bonchev–Trinajstić information content (AvgIpc) is 3.64. The maximum absolute atomic E-state index is 13.6. The zero-order valence-electron chi connectivity index (χ0n) is 18.7. The zero-order valence-corrected chi connectivity index (χ0v) is 18.7. The number of nitrogens with one attached hydrogen (secondary N) is 1. The Balaban J connectivity index is 1.27. The Labute approximate surface area is 197 Å². The van der Waals surface area contributed by atoms with Crippen LogP contribution >= 0.6 is 0 Å². The number of anilines is 3. The Morgan fingerprint density at radius 1 is 0.912 bits per heavy atom. The van der Waals surface area contributed by atoms with Crippen LogP contribution in [0.5, 0.6) is 0 Å². The molecule has 1 aliphatic heterocycles. The van der Waals surface area contributed by atoms with E-state index in [1.54, 1.807) is 18.3 Å². The fraction of sp³-hybridized carbons (Fsp3) is 0.259. The second-order valence-corrected chi connectivity index (χ2v) is 8.75. The van der Waals surface area contributed by atoms with Gasteiger partial charge in [0.2, 0.25) is 0 Å². The van der Waals surface area contributed by atoms with Crippen LogP contribution in [0.15, 0.2) is 71.4 Å². The highest BCUT2D eigenvalue weighted by Crippen LogP contribution is 2.47. The lowest BCUT2D eigenvalue weighted by molar-refractivity contribution is 0.122. The van der Waals surface area contributed by atoms with Crippen molar-refractivity contribution in [2.45, 2.75) is 18.8 Å². The predicted molar refractivity (Wildman–Crippen MR) is 130 cm³/mol. The van der Waals surface area contributed by atoms with Gasteiger partial charge in [0.1, 0.15) is 23.1 Å². The van der Waals surface area contributed by atoms with Gasteiger partial charge in [-0.25, -0.2) is 9.37 Å². The third-order valence-corrected chi connectivity index (χ3v) is 6.35. The van der Waals surface area contributed by atoms with Crippen molar-refractivity contribution in [2.24, 2.45) is 0 Å². The van der Waals surface area contributed by atoms with Crippen molar-refractivity contribution in [1.82, 2.24) is 10.1 Å². The summed E-state index contributed by atoms with van der Waals surface area (Å²) in [6.07, 6.45) is 3.94. The van der Waals surface area contributed by atoms with Gasteiger partial charge in [0.05, 0.1) is 18.8 Å². The van der Waals surface area contributed by atoms with E-state index in [1.165, 1.54) is 17.8 Å². The van der Waals surface area contributed by atoms with Crippen LogP contribution in [0, 0.1) is 5.82 Å². The molecule has 1 saturated carbocycles. The SMILES string of the molecule is Fc1ccc(-c2c(-c3ccnc(Nc4ccc(N5CCOCC5)cc4)c3)noc2C2CC2)cc1. The molecule has 2 aromatic carbocycles. The van der Waals surface area contributed by atoms with Crippen LogP contribution in [0.25, 0.3) is 22.4 Å². The van der Waals surface area contributed by atoms with Crippen molar-refractivity contribution >= 4 is 17.2 Å². The largest absolute Gasteiger partial charge is 0.378 e. The number of aromatic nitrogens is 2. The molecule has 0 spiro atoms. The first-order chi connectivity index (χ1) is 16.7.